The fourth-order valence-electron chi connectivity index (χ4n) is 16.6. The molecule has 0 N–H and O–H groups in total. The summed E-state index contributed by atoms with van der Waals surface area (Å²) in [5.41, 5.74) is 19.4. The summed E-state index contributed by atoms with van der Waals surface area (Å²) in [4.78, 5) is 2.49. The number of fused-ring (bicyclic) bond motifs is 13. The Kier molecular flexibility index (Phi) is 11.5. The van der Waals surface area contributed by atoms with E-state index in [0.717, 1.165) is 11.4 Å². The van der Waals surface area contributed by atoms with Crippen LogP contribution >= 0.6 is 0 Å². The van der Waals surface area contributed by atoms with E-state index < -0.39 is 8.07 Å². The maximum absolute atomic E-state index is 2.62. The summed E-state index contributed by atoms with van der Waals surface area (Å²) >= 11 is 0. The van der Waals surface area contributed by atoms with Crippen molar-refractivity contribution in [3.8, 4) is 50.2 Å². The minimum atomic E-state index is -2.62. The van der Waals surface area contributed by atoms with Crippen LogP contribution in [-0.2, 0) is 5.41 Å². The summed E-state index contributed by atoms with van der Waals surface area (Å²) in [5.74, 6) is 0. The molecule has 430 valence electrons. The largest absolute Gasteiger partial charge is 0.310 e. The van der Waals surface area contributed by atoms with Gasteiger partial charge in [-0.15, -0.1) is 0 Å². The van der Waals surface area contributed by atoms with Crippen molar-refractivity contribution in [2.45, 2.75) is 19.3 Å². The van der Waals surface area contributed by atoms with E-state index in [9.17, 15) is 0 Å². The van der Waals surface area contributed by atoms with Crippen molar-refractivity contribution in [3.63, 3.8) is 0 Å². The van der Waals surface area contributed by atoms with Gasteiger partial charge < -0.3 is 9.47 Å². The van der Waals surface area contributed by atoms with Gasteiger partial charge in [0, 0.05) is 27.6 Å². The topological polar surface area (TPSA) is 8.17 Å². The van der Waals surface area contributed by atoms with Gasteiger partial charge in [0.2, 0.25) is 0 Å². The third kappa shape index (κ3) is 7.61. The van der Waals surface area contributed by atoms with Crippen molar-refractivity contribution in [1.29, 1.82) is 0 Å². The van der Waals surface area contributed by atoms with Crippen molar-refractivity contribution in [3.05, 3.63) is 339 Å². The number of anilines is 3. The van der Waals surface area contributed by atoms with Crippen LogP contribution in [0, 0.1) is 0 Å². The summed E-state index contributed by atoms with van der Waals surface area (Å²) in [7, 11) is -2.62. The fraction of sp³-hybridized carbons (Fsp3) is 0.0337. The maximum Gasteiger partial charge on any atom is 0.180 e. The third-order valence-corrected chi connectivity index (χ3v) is 25.6. The lowest BCUT2D eigenvalue weighted by molar-refractivity contribution is 0.632. The van der Waals surface area contributed by atoms with E-state index in [4.69, 9.17) is 0 Å². The Morgan fingerprint density at radius 3 is 1.50 bits per heavy atom. The van der Waals surface area contributed by atoms with Crippen LogP contribution in [0.5, 0.6) is 0 Å². The van der Waals surface area contributed by atoms with E-state index in [-0.39, 0.29) is 5.41 Å². The van der Waals surface area contributed by atoms with Gasteiger partial charge in [0.25, 0.3) is 0 Å². The number of aromatic nitrogens is 1. The molecule has 0 spiro atoms. The monoisotopic (exact) mass is 1180 g/mol. The average molecular weight is 1190 g/mol. The lowest BCUT2D eigenvalue weighted by Crippen LogP contribution is -2.72. The summed E-state index contributed by atoms with van der Waals surface area (Å²) in [5, 5.41) is 20.8. The van der Waals surface area contributed by atoms with Gasteiger partial charge in [0.15, 0.2) is 8.07 Å². The van der Waals surface area contributed by atoms with Crippen molar-refractivity contribution in [1.82, 2.24) is 4.57 Å². The summed E-state index contributed by atoms with van der Waals surface area (Å²) in [6.07, 6.45) is 0. The van der Waals surface area contributed by atoms with Crippen LogP contribution in [0.3, 0.4) is 0 Å². The summed E-state index contributed by atoms with van der Waals surface area (Å²) in [6.45, 7) is 4.86. The van der Waals surface area contributed by atoms with Crippen molar-refractivity contribution in [2.75, 3.05) is 4.90 Å². The first-order chi connectivity index (χ1) is 45.4. The molecule has 0 bridgehead atoms. The minimum Gasteiger partial charge on any atom is -0.310 e. The molecular weight excluding hydrogens is 1130 g/mol. The van der Waals surface area contributed by atoms with Crippen molar-refractivity contribution in [2.24, 2.45) is 0 Å². The molecule has 0 fully saturated rings. The van der Waals surface area contributed by atoms with E-state index in [1.165, 1.54) is 163 Å². The van der Waals surface area contributed by atoms with Crippen LogP contribution in [0.4, 0.5) is 17.1 Å². The van der Waals surface area contributed by atoms with Gasteiger partial charge >= 0.3 is 0 Å². The molecule has 1 aromatic heterocycles. The number of para-hydroxylation sites is 2. The van der Waals surface area contributed by atoms with E-state index in [0.29, 0.717) is 0 Å². The first kappa shape index (κ1) is 52.6. The van der Waals surface area contributed by atoms with Gasteiger partial charge in [-0.1, -0.05) is 257 Å². The first-order valence-electron chi connectivity index (χ1n) is 32.2. The Bertz CT molecular complexity index is 5820. The average Bonchev–Trinajstić information content (AvgIpc) is 1.31. The van der Waals surface area contributed by atoms with Gasteiger partial charge in [0.1, 0.15) is 0 Å². The van der Waals surface area contributed by atoms with Gasteiger partial charge in [-0.05, 0) is 215 Å². The fourth-order valence-corrected chi connectivity index (χ4v) is 21.8. The predicted molar refractivity (Wildman–Crippen MR) is 394 cm³/mol. The standard InChI is InChI=1S/C89H60N2Si/c1-89(2)79-54-60(43-47-83(79)90(65-25-6-3-7-26-65)84-48-44-61(55-80(84)89)87-73-34-14-16-36-75(73)88(76-37-17-15-35-74(76)87)72-38-22-24-57-23-12-13-31-69(57)72)59-42-46-82-77(52-59)70-32-18-20-39-81(70)91(82)66-45-41-58-49-64-56-86-78(53-63(64)50-62(58)51-66)71-33-19-21-40-85(71)92(86,67-27-8-4-9-28-67)68-29-10-5-11-30-68/h3-56H,1-2H3. The lowest BCUT2D eigenvalue weighted by atomic mass is 9.72. The zero-order chi connectivity index (χ0) is 60.8. The number of hydrogen-bond donors (Lipinski definition) is 0. The minimum absolute atomic E-state index is 0.376. The number of hydrogen-bond acceptors (Lipinski definition) is 1. The highest BCUT2D eigenvalue weighted by atomic mass is 28.3. The normalized spacial score (nSPS) is 13.7. The predicted octanol–water partition coefficient (Wildman–Crippen LogP) is 21.0. The molecule has 0 unspecified atom stereocenters. The number of benzene rings is 16. The molecule has 17 aromatic rings. The Morgan fingerprint density at radius 1 is 0.272 bits per heavy atom. The summed E-state index contributed by atoms with van der Waals surface area (Å²) < 4.78 is 2.47. The Morgan fingerprint density at radius 2 is 0.783 bits per heavy atom. The zero-order valence-electron chi connectivity index (χ0n) is 51.1. The van der Waals surface area contributed by atoms with E-state index in [1.807, 2.05) is 0 Å². The molecule has 2 aliphatic heterocycles. The number of rotatable bonds is 7. The van der Waals surface area contributed by atoms with Crippen LogP contribution in [-0.4, -0.2) is 12.6 Å². The first-order valence-corrected chi connectivity index (χ1v) is 34.2. The van der Waals surface area contributed by atoms with Crippen molar-refractivity contribution >= 4 is 122 Å². The smallest absolute Gasteiger partial charge is 0.180 e. The van der Waals surface area contributed by atoms with Crippen molar-refractivity contribution < 1.29 is 0 Å². The molecule has 0 saturated carbocycles. The van der Waals surface area contributed by atoms with Gasteiger partial charge in [0.05, 0.1) is 22.4 Å². The SMILES string of the molecule is CC1(C)c2cc(-c3ccc4c(c3)c3ccccc3n4-c3ccc4cc5cc6c(cc5cc4c3)-c3ccccc3[Si]6(c3ccccc3)c3ccccc3)ccc2N(c2ccccc2)c2ccc(-c3c4ccccc4c(-c4cccc5ccccc45)c4ccccc34)cc21. The van der Waals surface area contributed by atoms with Gasteiger partial charge in [-0.25, -0.2) is 0 Å². The van der Waals surface area contributed by atoms with Crippen LogP contribution in [0.25, 0.3) is 126 Å². The number of nitrogens with zero attached hydrogens (tertiary/aromatic N) is 2. The van der Waals surface area contributed by atoms with E-state index in [1.54, 1.807) is 0 Å². The highest BCUT2D eigenvalue weighted by Gasteiger charge is 2.49. The molecule has 16 aromatic carbocycles. The Hall–Kier alpha value is -11.4. The summed E-state index contributed by atoms with van der Waals surface area (Å²) in [6, 6.07) is 124. The highest BCUT2D eigenvalue weighted by molar-refractivity contribution is 7.22. The molecular formula is C89H60N2Si. The molecule has 0 amide bonds. The van der Waals surface area contributed by atoms with Crippen LogP contribution in [0.2, 0.25) is 0 Å². The second kappa shape index (κ2) is 20.1. The molecule has 2 aliphatic rings. The van der Waals surface area contributed by atoms with Crippen LogP contribution < -0.4 is 25.6 Å². The third-order valence-electron chi connectivity index (χ3n) is 20.7. The second-order valence-electron chi connectivity index (χ2n) is 25.9. The van der Waals surface area contributed by atoms with E-state index >= 15 is 0 Å². The van der Waals surface area contributed by atoms with Gasteiger partial charge in [-0.3, -0.25) is 0 Å². The second-order valence-corrected chi connectivity index (χ2v) is 29.6. The Balaban J connectivity index is 0.730. The highest BCUT2D eigenvalue weighted by Crippen LogP contribution is 2.55. The van der Waals surface area contributed by atoms with Crippen LogP contribution in [0.1, 0.15) is 25.0 Å². The molecule has 3 heterocycles. The quantitative estimate of drug-likeness (QED) is 0.114. The molecule has 0 saturated heterocycles. The molecule has 0 radical (unpaired) electrons. The van der Waals surface area contributed by atoms with Gasteiger partial charge in [-0.2, -0.15) is 0 Å². The van der Waals surface area contributed by atoms with Crippen LogP contribution in [0.15, 0.2) is 328 Å². The zero-order valence-corrected chi connectivity index (χ0v) is 52.1. The lowest BCUT2D eigenvalue weighted by Gasteiger charge is -2.42. The molecule has 0 atom stereocenters. The Labute approximate surface area is 535 Å². The molecule has 0 aliphatic carbocycles. The molecule has 2 nitrogen and oxygen atoms in total. The molecule has 92 heavy (non-hydrogen) atoms. The molecule has 3 heteroatoms. The maximum atomic E-state index is 2.55. The molecule has 19 rings (SSSR count). The van der Waals surface area contributed by atoms with E-state index in [2.05, 4.69) is 351 Å².